The van der Waals surface area contributed by atoms with Crippen molar-refractivity contribution in [3.8, 4) is 5.82 Å². The van der Waals surface area contributed by atoms with E-state index in [1.807, 2.05) is 29.2 Å². The van der Waals surface area contributed by atoms with E-state index in [2.05, 4.69) is 25.2 Å². The fourth-order valence-corrected chi connectivity index (χ4v) is 4.46. The number of fused-ring (bicyclic) bond motifs is 1. The van der Waals surface area contributed by atoms with Crippen LogP contribution in [-0.2, 0) is 17.4 Å². The van der Waals surface area contributed by atoms with Gasteiger partial charge in [0, 0.05) is 57.7 Å². The van der Waals surface area contributed by atoms with Crippen molar-refractivity contribution >= 4 is 34.3 Å². The lowest BCUT2D eigenvalue weighted by atomic mass is 10.1. The van der Waals surface area contributed by atoms with Crippen LogP contribution < -0.4 is 15.8 Å². The van der Waals surface area contributed by atoms with Crippen LogP contribution in [0.25, 0.3) is 16.9 Å². The molecule has 11 nitrogen and oxygen atoms in total. The van der Waals surface area contributed by atoms with Crippen LogP contribution in [0.5, 0.6) is 0 Å². The Kier molecular flexibility index (Phi) is 6.16. The molecular formula is C26H30N8O3. The number of nitrogens with one attached hydrogen (secondary N) is 1. The summed E-state index contributed by atoms with van der Waals surface area (Å²) >= 11 is 0. The molecule has 1 aliphatic heterocycles. The zero-order valence-corrected chi connectivity index (χ0v) is 21.3. The van der Waals surface area contributed by atoms with Gasteiger partial charge in [-0.3, -0.25) is 9.59 Å². The second-order valence-corrected chi connectivity index (χ2v) is 9.68. The number of pyridine rings is 1. The van der Waals surface area contributed by atoms with Crippen molar-refractivity contribution in [3.05, 3.63) is 64.7 Å². The van der Waals surface area contributed by atoms with Crippen molar-refractivity contribution in [2.45, 2.75) is 26.4 Å². The van der Waals surface area contributed by atoms with Gasteiger partial charge in [-0.05, 0) is 50.2 Å². The molecule has 0 atom stereocenters. The maximum atomic E-state index is 12.9. The quantitative estimate of drug-likeness (QED) is 0.426. The average Bonchev–Trinajstić information content (AvgIpc) is 3.13. The van der Waals surface area contributed by atoms with Gasteiger partial charge >= 0.3 is 0 Å². The van der Waals surface area contributed by atoms with Gasteiger partial charge in [0.1, 0.15) is 11.0 Å². The van der Waals surface area contributed by atoms with Crippen LogP contribution in [0.1, 0.15) is 26.5 Å². The summed E-state index contributed by atoms with van der Waals surface area (Å²) in [6.45, 7) is 7.94. The number of nitrogens with zero attached hydrogens (tertiary/aromatic N) is 7. The lowest BCUT2D eigenvalue weighted by Gasteiger charge is -2.35. The van der Waals surface area contributed by atoms with E-state index in [-0.39, 0.29) is 11.5 Å². The molecule has 1 aromatic carbocycles. The van der Waals surface area contributed by atoms with Gasteiger partial charge in [0.05, 0.1) is 5.69 Å². The second kappa shape index (κ2) is 9.32. The van der Waals surface area contributed by atoms with Crippen LogP contribution in [0.15, 0.2) is 53.5 Å². The van der Waals surface area contributed by atoms with Gasteiger partial charge in [0.25, 0.3) is 5.56 Å². The molecule has 0 radical (unpaired) electrons. The number of carbonyl (C=O) groups excluding carboxylic acids is 1. The molecule has 1 saturated heterocycles. The highest BCUT2D eigenvalue weighted by atomic mass is 16.3. The van der Waals surface area contributed by atoms with Crippen molar-refractivity contribution in [2.75, 3.05) is 36.4 Å². The van der Waals surface area contributed by atoms with Crippen molar-refractivity contribution in [3.63, 3.8) is 0 Å². The topological polar surface area (TPSA) is 121 Å². The third-order valence-corrected chi connectivity index (χ3v) is 6.59. The van der Waals surface area contributed by atoms with E-state index in [1.54, 1.807) is 50.7 Å². The largest absolute Gasteiger partial charge is 0.384 e. The SMILES string of the molecule is CC(=O)N1CCN(c2ccc(Nc3ncc4c(=O)n(C)n(-c5cccc(C(C)(C)O)n5)c4n3)cc2)CC1. The van der Waals surface area contributed by atoms with E-state index in [0.717, 1.165) is 37.6 Å². The van der Waals surface area contributed by atoms with E-state index in [1.165, 1.54) is 10.9 Å². The summed E-state index contributed by atoms with van der Waals surface area (Å²) in [5.41, 5.74) is 1.40. The van der Waals surface area contributed by atoms with Crippen LogP contribution in [0.4, 0.5) is 17.3 Å². The van der Waals surface area contributed by atoms with E-state index in [9.17, 15) is 14.7 Å². The van der Waals surface area contributed by atoms with Gasteiger partial charge < -0.3 is 20.2 Å². The molecule has 11 heteroatoms. The van der Waals surface area contributed by atoms with Crippen molar-refractivity contribution in [1.82, 2.24) is 29.2 Å². The van der Waals surface area contributed by atoms with Crippen LogP contribution in [-0.4, -0.2) is 66.4 Å². The summed E-state index contributed by atoms with van der Waals surface area (Å²) in [4.78, 5) is 42.1. The summed E-state index contributed by atoms with van der Waals surface area (Å²) in [7, 11) is 1.64. The number of carbonyl (C=O) groups is 1. The molecule has 1 amide bonds. The summed E-state index contributed by atoms with van der Waals surface area (Å²) < 4.78 is 3.05. The van der Waals surface area contributed by atoms with Crippen LogP contribution in [0, 0.1) is 0 Å². The van der Waals surface area contributed by atoms with Gasteiger partial charge in [-0.1, -0.05) is 6.07 Å². The maximum absolute atomic E-state index is 12.9. The van der Waals surface area contributed by atoms with Gasteiger partial charge in [-0.2, -0.15) is 4.98 Å². The van der Waals surface area contributed by atoms with Gasteiger partial charge in [0.15, 0.2) is 11.5 Å². The normalized spacial score (nSPS) is 14.3. The summed E-state index contributed by atoms with van der Waals surface area (Å²) in [6, 6.07) is 13.2. The lowest BCUT2D eigenvalue weighted by Crippen LogP contribution is -2.48. The third-order valence-electron chi connectivity index (χ3n) is 6.59. The monoisotopic (exact) mass is 502 g/mol. The minimum Gasteiger partial charge on any atom is -0.384 e. The summed E-state index contributed by atoms with van der Waals surface area (Å²) in [5.74, 6) is 0.919. The zero-order chi connectivity index (χ0) is 26.3. The van der Waals surface area contributed by atoms with Crippen LogP contribution in [0.3, 0.4) is 0 Å². The first kappa shape index (κ1) is 24.4. The highest BCUT2D eigenvalue weighted by Crippen LogP contribution is 2.23. The molecule has 0 bridgehead atoms. The lowest BCUT2D eigenvalue weighted by molar-refractivity contribution is -0.129. The number of rotatable bonds is 5. The Balaban J connectivity index is 1.41. The van der Waals surface area contributed by atoms with Gasteiger partial charge in [-0.15, -0.1) is 0 Å². The molecule has 2 N–H and O–H groups in total. The highest BCUT2D eigenvalue weighted by molar-refractivity contribution is 5.77. The number of aromatic nitrogens is 5. The molecule has 4 heterocycles. The number of hydrogen-bond donors (Lipinski definition) is 2. The first-order chi connectivity index (χ1) is 17.6. The summed E-state index contributed by atoms with van der Waals surface area (Å²) in [6.07, 6.45) is 1.51. The molecule has 5 rings (SSSR count). The zero-order valence-electron chi connectivity index (χ0n) is 21.3. The number of piperazine rings is 1. The molecule has 37 heavy (non-hydrogen) atoms. The fraction of sp³-hybridized carbons (Fsp3) is 0.346. The van der Waals surface area contributed by atoms with Crippen molar-refractivity contribution < 1.29 is 9.90 Å². The van der Waals surface area contributed by atoms with E-state index in [0.29, 0.717) is 28.5 Å². The first-order valence-electron chi connectivity index (χ1n) is 12.1. The maximum Gasteiger partial charge on any atom is 0.277 e. The number of aliphatic hydroxyl groups is 1. The molecule has 0 spiro atoms. The number of benzene rings is 1. The Hall–Kier alpha value is -4.25. The average molecular weight is 503 g/mol. The number of hydrogen-bond acceptors (Lipinski definition) is 8. The van der Waals surface area contributed by atoms with E-state index < -0.39 is 5.60 Å². The van der Waals surface area contributed by atoms with Gasteiger partial charge in [-0.25, -0.2) is 19.3 Å². The molecule has 1 fully saturated rings. The standard InChI is InChI=1S/C26H30N8O3/c1-17(35)32-12-14-33(15-13-32)19-10-8-18(9-11-19)28-25-27-16-20-23(30-25)34(31(4)24(20)36)22-7-5-6-21(29-22)26(2,3)37/h5-11,16,37H,12-15H2,1-4H3,(H,27,28,30). The highest BCUT2D eigenvalue weighted by Gasteiger charge is 2.21. The van der Waals surface area contributed by atoms with E-state index in [4.69, 9.17) is 0 Å². The van der Waals surface area contributed by atoms with E-state index >= 15 is 0 Å². The number of anilines is 3. The Labute approximate surface area is 214 Å². The predicted octanol–water partition coefficient (Wildman–Crippen LogP) is 2.15. The van der Waals surface area contributed by atoms with Crippen LogP contribution >= 0.6 is 0 Å². The Morgan fingerprint density at radius 3 is 2.38 bits per heavy atom. The Bertz CT molecular complexity index is 1510. The molecular weight excluding hydrogens is 472 g/mol. The second-order valence-electron chi connectivity index (χ2n) is 9.68. The molecule has 3 aromatic heterocycles. The smallest absolute Gasteiger partial charge is 0.277 e. The third kappa shape index (κ3) is 4.77. The Morgan fingerprint density at radius 2 is 1.73 bits per heavy atom. The molecule has 4 aromatic rings. The van der Waals surface area contributed by atoms with Crippen molar-refractivity contribution in [2.24, 2.45) is 7.05 Å². The Morgan fingerprint density at radius 1 is 1.03 bits per heavy atom. The minimum absolute atomic E-state index is 0.112. The van der Waals surface area contributed by atoms with Crippen LogP contribution in [0.2, 0.25) is 0 Å². The molecule has 1 aliphatic rings. The minimum atomic E-state index is -1.13. The molecule has 0 aliphatic carbocycles. The van der Waals surface area contributed by atoms with Crippen molar-refractivity contribution in [1.29, 1.82) is 0 Å². The molecule has 0 saturated carbocycles. The first-order valence-corrected chi connectivity index (χ1v) is 12.1. The van der Waals surface area contributed by atoms with Gasteiger partial charge in [0.2, 0.25) is 11.9 Å². The molecule has 192 valence electrons. The predicted molar refractivity (Wildman–Crippen MR) is 141 cm³/mol. The summed E-state index contributed by atoms with van der Waals surface area (Å²) in [5, 5.41) is 14.0. The molecule has 0 unspecified atom stereocenters. The fourth-order valence-electron chi connectivity index (χ4n) is 4.46. The number of amides is 1.